The summed E-state index contributed by atoms with van der Waals surface area (Å²) in [6.45, 7) is 10.5. The van der Waals surface area contributed by atoms with Gasteiger partial charge in [0.2, 0.25) is 0 Å². The first-order valence-electron chi connectivity index (χ1n) is 11.2. The minimum atomic E-state index is 0.0937. The molecule has 0 radical (unpaired) electrons. The van der Waals surface area contributed by atoms with Crippen LogP contribution in [0.25, 0.3) is 11.4 Å². The van der Waals surface area contributed by atoms with E-state index in [0.29, 0.717) is 5.92 Å². The lowest BCUT2D eigenvalue weighted by Gasteiger charge is -2.26. The maximum absolute atomic E-state index is 6.23. The van der Waals surface area contributed by atoms with E-state index in [0.717, 1.165) is 47.4 Å². The molecule has 0 aliphatic carbocycles. The lowest BCUT2D eigenvalue weighted by molar-refractivity contribution is 0.243. The molecule has 0 saturated carbocycles. The molecule has 3 aromatic rings. The van der Waals surface area contributed by atoms with Gasteiger partial charge in [-0.3, -0.25) is 0 Å². The Labute approximate surface area is 185 Å². The van der Waals surface area contributed by atoms with Crippen molar-refractivity contribution >= 4 is 11.5 Å². The van der Waals surface area contributed by atoms with Gasteiger partial charge < -0.3 is 15.4 Å². The van der Waals surface area contributed by atoms with Crippen LogP contribution < -0.4 is 15.4 Å². The SMILES string of the molecule is Cc1cc(Nc2cc(C)c(C3CCNCC3)cc2OC(C)C)nc(-c2ccccc2)n1. The Bertz CT molecular complexity index is 1030. The smallest absolute Gasteiger partial charge is 0.161 e. The molecule has 1 aliphatic heterocycles. The van der Waals surface area contributed by atoms with Crippen molar-refractivity contribution in [3.8, 4) is 17.1 Å². The maximum atomic E-state index is 6.23. The maximum Gasteiger partial charge on any atom is 0.161 e. The monoisotopic (exact) mass is 416 g/mol. The largest absolute Gasteiger partial charge is 0.489 e. The first kappa shape index (κ1) is 21.3. The summed E-state index contributed by atoms with van der Waals surface area (Å²) < 4.78 is 6.23. The van der Waals surface area contributed by atoms with Gasteiger partial charge in [0.1, 0.15) is 11.6 Å². The molecule has 2 heterocycles. The molecule has 1 saturated heterocycles. The zero-order valence-corrected chi connectivity index (χ0v) is 18.9. The summed E-state index contributed by atoms with van der Waals surface area (Å²) in [5, 5.41) is 6.97. The Morgan fingerprint density at radius 3 is 2.45 bits per heavy atom. The van der Waals surface area contributed by atoms with Crippen molar-refractivity contribution in [1.29, 1.82) is 0 Å². The zero-order valence-electron chi connectivity index (χ0n) is 18.9. The van der Waals surface area contributed by atoms with E-state index in [-0.39, 0.29) is 6.10 Å². The number of nitrogens with zero attached hydrogens (tertiary/aromatic N) is 2. The minimum absolute atomic E-state index is 0.0937. The normalized spacial score (nSPS) is 14.6. The van der Waals surface area contributed by atoms with Gasteiger partial charge in [-0.05, 0) is 82.8 Å². The molecule has 2 aromatic carbocycles. The highest BCUT2D eigenvalue weighted by atomic mass is 16.5. The number of piperidine rings is 1. The van der Waals surface area contributed by atoms with Gasteiger partial charge in [0.25, 0.3) is 0 Å². The van der Waals surface area contributed by atoms with Crippen LogP contribution in [0.3, 0.4) is 0 Å². The average molecular weight is 417 g/mol. The minimum Gasteiger partial charge on any atom is -0.489 e. The molecule has 2 N–H and O–H groups in total. The van der Waals surface area contributed by atoms with Crippen molar-refractivity contribution in [2.75, 3.05) is 18.4 Å². The second-order valence-electron chi connectivity index (χ2n) is 8.61. The van der Waals surface area contributed by atoms with Gasteiger partial charge >= 0.3 is 0 Å². The quantitative estimate of drug-likeness (QED) is 0.535. The van der Waals surface area contributed by atoms with Crippen molar-refractivity contribution < 1.29 is 4.74 Å². The number of rotatable bonds is 6. The fraction of sp³-hybridized carbons (Fsp3) is 0.385. The molecular formula is C26H32N4O. The number of anilines is 2. The summed E-state index contributed by atoms with van der Waals surface area (Å²) in [7, 11) is 0. The fourth-order valence-electron chi connectivity index (χ4n) is 4.21. The number of aryl methyl sites for hydroxylation is 2. The summed E-state index contributed by atoms with van der Waals surface area (Å²) >= 11 is 0. The number of benzene rings is 2. The van der Waals surface area contributed by atoms with E-state index in [2.05, 4.69) is 48.5 Å². The zero-order chi connectivity index (χ0) is 21.8. The summed E-state index contributed by atoms with van der Waals surface area (Å²) in [5.74, 6) is 2.95. The molecule has 0 spiro atoms. The fourth-order valence-corrected chi connectivity index (χ4v) is 4.21. The lowest BCUT2D eigenvalue weighted by atomic mass is 9.87. The molecule has 0 atom stereocenters. The van der Waals surface area contributed by atoms with Crippen LogP contribution in [-0.2, 0) is 0 Å². The number of nitrogens with one attached hydrogen (secondary N) is 2. The van der Waals surface area contributed by atoms with E-state index in [9.17, 15) is 0 Å². The number of hydrogen-bond acceptors (Lipinski definition) is 5. The molecule has 0 unspecified atom stereocenters. The van der Waals surface area contributed by atoms with E-state index in [4.69, 9.17) is 9.72 Å². The standard InChI is InChI=1S/C26H32N4O/c1-17(2)31-24-16-22(20-10-12-27-13-11-20)18(3)14-23(24)29-25-15-19(4)28-26(30-25)21-8-6-5-7-9-21/h5-9,14-17,20,27H,10-13H2,1-4H3,(H,28,29,30). The highest BCUT2D eigenvalue weighted by molar-refractivity contribution is 5.68. The lowest BCUT2D eigenvalue weighted by Crippen LogP contribution is -2.27. The van der Waals surface area contributed by atoms with Crippen LogP contribution in [0.1, 0.15) is 49.4 Å². The predicted octanol–water partition coefficient (Wildman–Crippen LogP) is 5.76. The van der Waals surface area contributed by atoms with Gasteiger partial charge in [-0.15, -0.1) is 0 Å². The van der Waals surface area contributed by atoms with Gasteiger partial charge in [-0.2, -0.15) is 0 Å². The third kappa shape index (κ3) is 5.23. The number of aromatic nitrogens is 2. The van der Waals surface area contributed by atoms with E-state index >= 15 is 0 Å². The second-order valence-corrected chi connectivity index (χ2v) is 8.61. The Balaban J connectivity index is 1.69. The van der Waals surface area contributed by atoms with Crippen LogP contribution in [0.15, 0.2) is 48.5 Å². The van der Waals surface area contributed by atoms with Crippen LogP contribution in [0.2, 0.25) is 0 Å². The molecule has 1 fully saturated rings. The first-order valence-corrected chi connectivity index (χ1v) is 11.2. The Kier molecular flexibility index (Phi) is 6.52. The van der Waals surface area contributed by atoms with Crippen LogP contribution >= 0.6 is 0 Å². The summed E-state index contributed by atoms with van der Waals surface area (Å²) in [5.41, 5.74) is 5.56. The average Bonchev–Trinajstić information content (AvgIpc) is 2.76. The molecular weight excluding hydrogens is 384 g/mol. The van der Waals surface area contributed by atoms with Crippen LogP contribution in [-0.4, -0.2) is 29.2 Å². The molecule has 4 rings (SSSR count). The molecule has 0 amide bonds. The van der Waals surface area contributed by atoms with Crippen molar-refractivity contribution in [1.82, 2.24) is 15.3 Å². The number of ether oxygens (including phenoxy) is 1. The Morgan fingerprint density at radius 2 is 1.74 bits per heavy atom. The van der Waals surface area contributed by atoms with E-state index in [1.807, 2.05) is 43.3 Å². The van der Waals surface area contributed by atoms with Crippen molar-refractivity contribution in [3.05, 3.63) is 65.4 Å². The van der Waals surface area contributed by atoms with Gasteiger partial charge in [0, 0.05) is 17.3 Å². The third-order valence-corrected chi connectivity index (χ3v) is 5.66. The van der Waals surface area contributed by atoms with Crippen LogP contribution in [0, 0.1) is 13.8 Å². The van der Waals surface area contributed by atoms with Gasteiger partial charge in [-0.25, -0.2) is 9.97 Å². The summed E-state index contributed by atoms with van der Waals surface area (Å²) in [6, 6.07) is 16.5. The van der Waals surface area contributed by atoms with Crippen molar-refractivity contribution in [2.24, 2.45) is 0 Å². The van der Waals surface area contributed by atoms with Gasteiger partial charge in [0.15, 0.2) is 5.82 Å². The molecule has 5 heteroatoms. The highest BCUT2D eigenvalue weighted by Crippen LogP contribution is 2.37. The topological polar surface area (TPSA) is 59.1 Å². The molecule has 162 valence electrons. The number of hydrogen-bond donors (Lipinski definition) is 2. The Hall–Kier alpha value is -2.92. The predicted molar refractivity (Wildman–Crippen MR) is 127 cm³/mol. The van der Waals surface area contributed by atoms with E-state index < -0.39 is 0 Å². The Morgan fingerprint density at radius 1 is 1.00 bits per heavy atom. The van der Waals surface area contributed by atoms with Gasteiger partial charge in [-0.1, -0.05) is 30.3 Å². The van der Waals surface area contributed by atoms with E-state index in [1.165, 1.54) is 24.0 Å². The van der Waals surface area contributed by atoms with E-state index in [1.54, 1.807) is 0 Å². The van der Waals surface area contributed by atoms with Crippen molar-refractivity contribution in [2.45, 2.75) is 52.6 Å². The summed E-state index contributed by atoms with van der Waals surface area (Å²) in [4.78, 5) is 9.40. The molecule has 1 aliphatic rings. The molecule has 1 aromatic heterocycles. The highest BCUT2D eigenvalue weighted by Gasteiger charge is 2.20. The molecule has 31 heavy (non-hydrogen) atoms. The van der Waals surface area contributed by atoms with Gasteiger partial charge in [0.05, 0.1) is 11.8 Å². The van der Waals surface area contributed by atoms with Crippen LogP contribution in [0.5, 0.6) is 5.75 Å². The third-order valence-electron chi connectivity index (χ3n) is 5.66. The molecule has 5 nitrogen and oxygen atoms in total. The molecule has 0 bridgehead atoms. The van der Waals surface area contributed by atoms with Crippen LogP contribution in [0.4, 0.5) is 11.5 Å². The van der Waals surface area contributed by atoms with Crippen molar-refractivity contribution in [3.63, 3.8) is 0 Å². The first-order chi connectivity index (χ1) is 15.0. The summed E-state index contributed by atoms with van der Waals surface area (Å²) in [6.07, 6.45) is 2.43. The second kappa shape index (κ2) is 9.48.